The van der Waals surface area contributed by atoms with E-state index in [1.807, 2.05) is 55.5 Å². The van der Waals surface area contributed by atoms with Crippen molar-refractivity contribution < 1.29 is 5.11 Å². The second kappa shape index (κ2) is 9.42. The minimum Gasteiger partial charge on any atom is -0.392 e. The second-order valence-corrected chi connectivity index (χ2v) is 4.98. The van der Waals surface area contributed by atoms with Crippen molar-refractivity contribution in [2.45, 2.75) is 20.0 Å². The number of nitrogens with two attached hydrogens (primary N) is 1. The number of hydrogen-bond acceptors (Lipinski definition) is 2. The lowest BCUT2D eigenvalue weighted by Gasteiger charge is -2.06. The van der Waals surface area contributed by atoms with Crippen molar-refractivity contribution in [3.63, 3.8) is 0 Å². The Kier molecular flexibility index (Phi) is 7.90. The van der Waals surface area contributed by atoms with Crippen LogP contribution in [0.2, 0.25) is 0 Å². The average Bonchev–Trinajstić information content (AvgIpc) is 2.50. The predicted octanol–water partition coefficient (Wildman–Crippen LogP) is 3.07. The molecule has 0 saturated heterocycles. The summed E-state index contributed by atoms with van der Waals surface area (Å²) in [5, 5.41) is 12.1. The van der Waals surface area contributed by atoms with Crippen molar-refractivity contribution in [3.05, 3.63) is 65.2 Å². The first-order chi connectivity index (χ1) is 10.2. The molecule has 0 heterocycles. The third-order valence-corrected chi connectivity index (χ3v) is 3.21. The second-order valence-electron chi connectivity index (χ2n) is 4.98. The normalized spacial score (nSPS) is 10.9. The maximum atomic E-state index is 8.99. The van der Waals surface area contributed by atoms with Crippen molar-refractivity contribution in [3.8, 4) is 0 Å². The molecule has 0 aliphatic rings. The smallest absolute Gasteiger partial charge is 0.193 e. The van der Waals surface area contributed by atoms with Crippen LogP contribution in [0, 0.1) is 6.92 Å². The van der Waals surface area contributed by atoms with Crippen LogP contribution in [0.3, 0.4) is 0 Å². The Morgan fingerprint density at radius 2 is 1.64 bits per heavy atom. The standard InChI is InChI=1S/C17H21N3O.HI/c1-13-2-8-16(9-3-13)20-17(18)19-11-10-14-4-6-15(12-21)7-5-14;/h2-9,21H,10-12H2,1H3,(H3,18,19,20);1H. The fourth-order valence-electron chi connectivity index (χ4n) is 1.94. The molecule has 118 valence electrons. The first-order valence-electron chi connectivity index (χ1n) is 6.99. The lowest BCUT2D eigenvalue weighted by Crippen LogP contribution is -2.23. The van der Waals surface area contributed by atoms with E-state index in [1.54, 1.807) is 0 Å². The number of hydrogen-bond donors (Lipinski definition) is 3. The van der Waals surface area contributed by atoms with Crippen LogP contribution in [0.1, 0.15) is 16.7 Å². The van der Waals surface area contributed by atoms with Gasteiger partial charge in [-0.2, -0.15) is 0 Å². The van der Waals surface area contributed by atoms with Crippen LogP contribution in [0.5, 0.6) is 0 Å². The zero-order valence-corrected chi connectivity index (χ0v) is 15.0. The van der Waals surface area contributed by atoms with Gasteiger partial charge in [-0.05, 0) is 36.6 Å². The van der Waals surface area contributed by atoms with Gasteiger partial charge in [-0.15, -0.1) is 24.0 Å². The number of guanidine groups is 1. The van der Waals surface area contributed by atoms with Crippen LogP contribution in [-0.2, 0) is 13.0 Å². The third-order valence-electron chi connectivity index (χ3n) is 3.21. The van der Waals surface area contributed by atoms with E-state index in [1.165, 1.54) is 11.1 Å². The van der Waals surface area contributed by atoms with Crippen LogP contribution in [-0.4, -0.2) is 17.6 Å². The topological polar surface area (TPSA) is 70.6 Å². The number of halogens is 1. The number of anilines is 1. The molecule has 0 bridgehead atoms. The van der Waals surface area contributed by atoms with E-state index < -0.39 is 0 Å². The number of nitrogens with one attached hydrogen (secondary N) is 1. The molecular weight excluding hydrogens is 389 g/mol. The van der Waals surface area contributed by atoms with Crippen molar-refractivity contribution >= 4 is 35.6 Å². The summed E-state index contributed by atoms with van der Waals surface area (Å²) in [7, 11) is 0. The molecule has 5 heteroatoms. The van der Waals surface area contributed by atoms with Gasteiger partial charge in [0.2, 0.25) is 0 Å². The molecule has 0 amide bonds. The Morgan fingerprint density at radius 3 is 2.23 bits per heavy atom. The minimum absolute atomic E-state index is 0. The van der Waals surface area contributed by atoms with Gasteiger partial charge in [0.1, 0.15) is 0 Å². The van der Waals surface area contributed by atoms with Crippen molar-refractivity contribution in [1.82, 2.24) is 0 Å². The highest BCUT2D eigenvalue weighted by atomic mass is 127. The molecule has 0 aromatic heterocycles. The van der Waals surface area contributed by atoms with Crippen molar-refractivity contribution in [1.29, 1.82) is 0 Å². The van der Waals surface area contributed by atoms with Gasteiger partial charge in [0.15, 0.2) is 5.96 Å². The first-order valence-corrected chi connectivity index (χ1v) is 6.99. The SMILES string of the molecule is Cc1ccc(NC(N)=NCCc2ccc(CO)cc2)cc1.I. The van der Waals surface area contributed by atoms with Gasteiger partial charge in [-0.25, -0.2) is 0 Å². The molecule has 0 aliphatic carbocycles. The molecule has 2 aromatic carbocycles. The van der Waals surface area contributed by atoms with E-state index in [9.17, 15) is 0 Å². The minimum atomic E-state index is 0. The zero-order valence-electron chi connectivity index (χ0n) is 12.6. The summed E-state index contributed by atoms with van der Waals surface area (Å²) in [5.74, 6) is 0.422. The number of aliphatic hydroxyl groups excluding tert-OH is 1. The number of aliphatic imine (C=N–C) groups is 1. The van der Waals surface area contributed by atoms with Crippen LogP contribution in [0.25, 0.3) is 0 Å². The van der Waals surface area contributed by atoms with E-state index in [0.29, 0.717) is 12.5 Å². The third kappa shape index (κ3) is 6.03. The summed E-state index contributed by atoms with van der Waals surface area (Å²) < 4.78 is 0. The Morgan fingerprint density at radius 1 is 1.05 bits per heavy atom. The molecule has 0 unspecified atom stereocenters. The van der Waals surface area contributed by atoms with E-state index in [-0.39, 0.29) is 30.6 Å². The van der Waals surface area contributed by atoms with Gasteiger partial charge in [0.05, 0.1) is 6.61 Å². The molecule has 0 fully saturated rings. The Balaban J connectivity index is 0.00000242. The molecule has 0 aliphatic heterocycles. The summed E-state index contributed by atoms with van der Waals surface area (Å²) in [6.07, 6.45) is 0.821. The summed E-state index contributed by atoms with van der Waals surface area (Å²) >= 11 is 0. The van der Waals surface area contributed by atoms with Gasteiger partial charge < -0.3 is 16.2 Å². The molecule has 0 atom stereocenters. The Bertz CT molecular complexity index is 594. The molecule has 2 rings (SSSR count). The summed E-state index contributed by atoms with van der Waals surface area (Å²) in [6, 6.07) is 15.9. The van der Waals surface area contributed by atoms with E-state index in [4.69, 9.17) is 10.8 Å². The number of aryl methyl sites for hydroxylation is 1. The van der Waals surface area contributed by atoms with Gasteiger partial charge in [0.25, 0.3) is 0 Å². The first kappa shape index (κ1) is 18.4. The maximum Gasteiger partial charge on any atom is 0.193 e. The molecular formula is C17H22IN3O. The van der Waals surface area contributed by atoms with Gasteiger partial charge >= 0.3 is 0 Å². The monoisotopic (exact) mass is 411 g/mol. The molecule has 0 spiro atoms. The molecule has 0 saturated carbocycles. The fourth-order valence-corrected chi connectivity index (χ4v) is 1.94. The van der Waals surface area contributed by atoms with Gasteiger partial charge in [-0.3, -0.25) is 4.99 Å². The van der Waals surface area contributed by atoms with Crippen LogP contribution >= 0.6 is 24.0 Å². The number of benzene rings is 2. The van der Waals surface area contributed by atoms with Gasteiger partial charge in [-0.1, -0.05) is 42.0 Å². The highest BCUT2D eigenvalue weighted by Crippen LogP contribution is 2.08. The number of nitrogens with zero attached hydrogens (tertiary/aromatic N) is 1. The molecule has 0 radical (unpaired) electrons. The lowest BCUT2D eigenvalue weighted by molar-refractivity contribution is 0.282. The largest absolute Gasteiger partial charge is 0.392 e. The number of rotatable bonds is 5. The van der Waals surface area contributed by atoms with Crippen LogP contribution in [0.15, 0.2) is 53.5 Å². The Hall–Kier alpha value is -1.60. The lowest BCUT2D eigenvalue weighted by atomic mass is 10.1. The summed E-state index contributed by atoms with van der Waals surface area (Å²) in [6.45, 7) is 2.75. The highest BCUT2D eigenvalue weighted by molar-refractivity contribution is 14.0. The quantitative estimate of drug-likeness (QED) is 0.403. The molecule has 4 nitrogen and oxygen atoms in total. The summed E-state index contributed by atoms with van der Waals surface area (Å²) in [4.78, 5) is 4.31. The fraction of sp³-hybridized carbons (Fsp3) is 0.235. The summed E-state index contributed by atoms with van der Waals surface area (Å²) in [5.41, 5.74) is 10.1. The van der Waals surface area contributed by atoms with Crippen LogP contribution < -0.4 is 11.1 Å². The molecule has 4 N–H and O–H groups in total. The zero-order chi connectivity index (χ0) is 15.1. The van der Waals surface area contributed by atoms with Crippen LogP contribution in [0.4, 0.5) is 5.69 Å². The highest BCUT2D eigenvalue weighted by Gasteiger charge is 1.96. The Labute approximate surface area is 148 Å². The number of aliphatic hydroxyl groups is 1. The molecule has 22 heavy (non-hydrogen) atoms. The van der Waals surface area contributed by atoms with Crippen molar-refractivity contribution in [2.75, 3.05) is 11.9 Å². The predicted molar refractivity (Wildman–Crippen MR) is 103 cm³/mol. The van der Waals surface area contributed by atoms with Crippen molar-refractivity contribution in [2.24, 2.45) is 10.7 Å². The van der Waals surface area contributed by atoms with E-state index >= 15 is 0 Å². The maximum absolute atomic E-state index is 8.99. The molecule has 2 aromatic rings. The van der Waals surface area contributed by atoms with Gasteiger partial charge in [0, 0.05) is 12.2 Å². The average molecular weight is 411 g/mol. The van der Waals surface area contributed by atoms with E-state index in [0.717, 1.165) is 17.7 Å². The van der Waals surface area contributed by atoms with E-state index in [2.05, 4.69) is 10.3 Å².